The molecule has 1 atom stereocenters. The number of pyridine rings is 1. The number of hydrogen-bond acceptors (Lipinski definition) is 4. The molecule has 4 nitrogen and oxygen atoms in total. The van der Waals surface area contributed by atoms with Crippen molar-refractivity contribution < 1.29 is 23.1 Å². The van der Waals surface area contributed by atoms with Gasteiger partial charge in [-0.1, -0.05) is 0 Å². The average molecular weight is 280 g/mol. The Hall–Kier alpha value is -1.28. The highest BCUT2D eigenvalue weighted by atomic mass is 32.2. The Morgan fingerprint density at radius 1 is 1.61 bits per heavy atom. The summed E-state index contributed by atoms with van der Waals surface area (Å²) in [5.41, 5.74) is -4.67. The number of aliphatic hydroxyl groups excluding tert-OH is 1. The molecule has 0 fully saturated rings. The average Bonchev–Trinajstić information content (AvgIpc) is 2.24. The number of thioether (sulfide) groups is 1. The van der Waals surface area contributed by atoms with Gasteiger partial charge in [0, 0.05) is 24.5 Å². The van der Waals surface area contributed by atoms with Crippen molar-refractivity contribution in [2.24, 2.45) is 0 Å². The minimum absolute atomic E-state index is 0.0378. The van der Waals surface area contributed by atoms with Gasteiger partial charge in [-0.05, 0) is 19.1 Å². The molecule has 2 N–H and O–H groups in total. The van der Waals surface area contributed by atoms with Crippen LogP contribution < -0.4 is 5.32 Å². The normalized spacial score (nSPS) is 13.2. The van der Waals surface area contributed by atoms with E-state index < -0.39 is 34.3 Å². The van der Waals surface area contributed by atoms with Crippen LogP contribution in [0.5, 0.6) is 0 Å². The van der Waals surface area contributed by atoms with E-state index in [9.17, 15) is 18.0 Å². The summed E-state index contributed by atoms with van der Waals surface area (Å²) in [4.78, 5) is 15.1. The standard InChI is InChI=1S/C10H11F3N2O2S/c1-6(16)5-15-8(17)7-3-2-4-14-9(7)18-10(11,12)13/h2-4,6,16H,5H2,1H3,(H,15,17). The first kappa shape index (κ1) is 14.8. The highest BCUT2D eigenvalue weighted by Gasteiger charge is 2.32. The molecule has 0 saturated heterocycles. The summed E-state index contributed by atoms with van der Waals surface area (Å²) in [7, 11) is 0. The lowest BCUT2D eigenvalue weighted by atomic mass is 10.2. The van der Waals surface area contributed by atoms with Crippen molar-refractivity contribution in [3.05, 3.63) is 23.9 Å². The van der Waals surface area contributed by atoms with Crippen LogP contribution in [0.3, 0.4) is 0 Å². The molecule has 1 aromatic rings. The topological polar surface area (TPSA) is 62.2 Å². The van der Waals surface area contributed by atoms with Gasteiger partial charge in [0.05, 0.1) is 11.7 Å². The van der Waals surface area contributed by atoms with Crippen LogP contribution in [0.4, 0.5) is 13.2 Å². The summed E-state index contributed by atoms with van der Waals surface area (Å²) in [5, 5.41) is 10.9. The van der Waals surface area contributed by atoms with Crippen LogP contribution in [0.25, 0.3) is 0 Å². The zero-order valence-corrected chi connectivity index (χ0v) is 10.2. The van der Waals surface area contributed by atoms with Crippen LogP contribution >= 0.6 is 11.8 Å². The predicted molar refractivity (Wildman–Crippen MR) is 60.2 cm³/mol. The predicted octanol–water partition coefficient (Wildman–Crippen LogP) is 1.80. The number of rotatable bonds is 4. The molecule has 0 radical (unpaired) electrons. The molecule has 8 heteroatoms. The van der Waals surface area contributed by atoms with Crippen LogP contribution in [-0.2, 0) is 0 Å². The van der Waals surface area contributed by atoms with E-state index in [0.717, 1.165) is 0 Å². The second-order valence-corrected chi connectivity index (χ2v) is 4.52. The van der Waals surface area contributed by atoms with E-state index in [0.29, 0.717) is 0 Å². The van der Waals surface area contributed by atoms with Gasteiger partial charge in [-0.25, -0.2) is 4.98 Å². The molecule has 0 aromatic carbocycles. The van der Waals surface area contributed by atoms with Crippen LogP contribution in [0.1, 0.15) is 17.3 Å². The second-order valence-electron chi connectivity index (χ2n) is 3.46. The number of halogens is 3. The Morgan fingerprint density at radius 3 is 2.83 bits per heavy atom. The van der Waals surface area contributed by atoms with Gasteiger partial charge in [0.15, 0.2) is 0 Å². The van der Waals surface area contributed by atoms with Crippen LogP contribution in [-0.4, -0.2) is 34.2 Å². The number of nitrogens with zero attached hydrogens (tertiary/aromatic N) is 1. The third kappa shape index (κ3) is 4.92. The number of aromatic nitrogens is 1. The molecule has 1 aromatic heterocycles. The molecule has 0 aliphatic carbocycles. The quantitative estimate of drug-likeness (QED) is 0.826. The monoisotopic (exact) mass is 280 g/mol. The molecule has 0 aliphatic heterocycles. The van der Waals surface area contributed by atoms with Gasteiger partial charge in [-0.3, -0.25) is 4.79 Å². The van der Waals surface area contributed by atoms with Crippen molar-refractivity contribution in [1.29, 1.82) is 0 Å². The largest absolute Gasteiger partial charge is 0.447 e. The van der Waals surface area contributed by atoms with Crippen molar-refractivity contribution in [2.75, 3.05) is 6.54 Å². The van der Waals surface area contributed by atoms with E-state index in [4.69, 9.17) is 5.11 Å². The van der Waals surface area contributed by atoms with E-state index in [1.165, 1.54) is 25.3 Å². The fraction of sp³-hybridized carbons (Fsp3) is 0.400. The highest BCUT2D eigenvalue weighted by molar-refractivity contribution is 8.00. The number of hydrogen-bond donors (Lipinski definition) is 2. The maximum Gasteiger partial charge on any atom is 0.447 e. The van der Waals surface area contributed by atoms with E-state index in [-0.39, 0.29) is 12.1 Å². The van der Waals surface area contributed by atoms with Gasteiger partial charge in [0.25, 0.3) is 5.91 Å². The molecule has 1 amide bonds. The molecule has 0 aliphatic rings. The first-order valence-corrected chi connectivity index (χ1v) is 5.78. The Morgan fingerprint density at radius 2 is 2.28 bits per heavy atom. The van der Waals surface area contributed by atoms with Crippen LogP contribution in [0, 0.1) is 0 Å². The third-order valence-electron chi connectivity index (χ3n) is 1.79. The summed E-state index contributed by atoms with van der Waals surface area (Å²) in [5.74, 6) is -0.698. The van der Waals surface area contributed by atoms with Crippen LogP contribution in [0.2, 0.25) is 0 Å². The summed E-state index contributed by atoms with van der Waals surface area (Å²) in [6.07, 6.45) is 0.406. The summed E-state index contributed by atoms with van der Waals surface area (Å²) >= 11 is -0.444. The Kier molecular flexibility index (Phi) is 4.97. The van der Waals surface area contributed by atoms with Gasteiger partial charge in [-0.2, -0.15) is 13.2 Å². The molecule has 1 heterocycles. The zero-order chi connectivity index (χ0) is 13.8. The molecule has 1 rings (SSSR count). The van der Waals surface area contributed by atoms with Gasteiger partial charge < -0.3 is 10.4 Å². The molecule has 100 valence electrons. The van der Waals surface area contributed by atoms with Gasteiger partial charge in [0.2, 0.25) is 0 Å². The molecular weight excluding hydrogens is 269 g/mol. The first-order chi connectivity index (χ1) is 8.29. The van der Waals surface area contributed by atoms with E-state index in [1.807, 2.05) is 0 Å². The lowest BCUT2D eigenvalue weighted by Gasteiger charge is -2.11. The van der Waals surface area contributed by atoms with Gasteiger partial charge in [0.1, 0.15) is 5.03 Å². The SMILES string of the molecule is CC(O)CNC(=O)c1cccnc1SC(F)(F)F. The van der Waals surface area contributed by atoms with Crippen molar-refractivity contribution >= 4 is 17.7 Å². The van der Waals surface area contributed by atoms with Gasteiger partial charge >= 0.3 is 5.51 Å². The maximum absolute atomic E-state index is 12.3. The lowest BCUT2D eigenvalue weighted by molar-refractivity contribution is -0.0329. The van der Waals surface area contributed by atoms with Crippen molar-refractivity contribution in [1.82, 2.24) is 10.3 Å². The number of aliphatic hydroxyl groups is 1. The fourth-order valence-electron chi connectivity index (χ4n) is 1.09. The van der Waals surface area contributed by atoms with Gasteiger partial charge in [-0.15, -0.1) is 0 Å². The highest BCUT2D eigenvalue weighted by Crippen LogP contribution is 2.37. The summed E-state index contributed by atoms with van der Waals surface area (Å²) in [6.45, 7) is 1.42. The number of nitrogens with one attached hydrogen (secondary N) is 1. The zero-order valence-electron chi connectivity index (χ0n) is 9.36. The maximum atomic E-state index is 12.3. The minimum Gasteiger partial charge on any atom is -0.392 e. The molecule has 0 saturated carbocycles. The number of carbonyl (C=O) groups excluding carboxylic acids is 1. The summed E-state index contributed by atoms with van der Waals surface area (Å²) < 4.78 is 36.8. The molecular formula is C10H11F3N2O2S. The second kappa shape index (κ2) is 6.05. The molecule has 1 unspecified atom stereocenters. The number of amides is 1. The smallest absolute Gasteiger partial charge is 0.392 e. The van der Waals surface area contributed by atoms with Crippen molar-refractivity contribution in [3.8, 4) is 0 Å². The molecule has 0 bridgehead atoms. The minimum atomic E-state index is -4.51. The van der Waals surface area contributed by atoms with Crippen molar-refractivity contribution in [2.45, 2.75) is 23.6 Å². The Bertz CT molecular complexity index is 424. The van der Waals surface area contributed by atoms with E-state index >= 15 is 0 Å². The Balaban J connectivity index is 2.84. The molecule has 0 spiro atoms. The Labute approximate surface area is 106 Å². The number of alkyl halides is 3. The third-order valence-corrected chi connectivity index (χ3v) is 2.54. The summed E-state index contributed by atoms with van der Waals surface area (Å²) in [6, 6.07) is 2.62. The first-order valence-electron chi connectivity index (χ1n) is 4.96. The fourth-order valence-corrected chi connectivity index (χ4v) is 1.69. The van der Waals surface area contributed by atoms with Crippen molar-refractivity contribution in [3.63, 3.8) is 0 Å². The molecule has 18 heavy (non-hydrogen) atoms. The van der Waals surface area contributed by atoms with E-state index in [2.05, 4.69) is 10.3 Å². The lowest BCUT2D eigenvalue weighted by Crippen LogP contribution is -2.31. The number of carbonyl (C=O) groups is 1. The van der Waals surface area contributed by atoms with E-state index in [1.54, 1.807) is 0 Å². The van der Waals surface area contributed by atoms with Crippen LogP contribution in [0.15, 0.2) is 23.4 Å².